The average Bonchev–Trinajstić information content (AvgIpc) is 2.27. The van der Waals surface area contributed by atoms with Crippen LogP contribution in [0.25, 0.3) is 0 Å². The fourth-order valence-electron chi connectivity index (χ4n) is 1.32. The largest absolute Gasteiger partial charge is 0.368 e. The van der Waals surface area contributed by atoms with Gasteiger partial charge < -0.3 is 9.92 Å². The van der Waals surface area contributed by atoms with Crippen LogP contribution < -0.4 is 9.92 Å². The summed E-state index contributed by atoms with van der Waals surface area (Å²) in [6.45, 7) is 1.87. The van der Waals surface area contributed by atoms with Crippen LogP contribution in [-0.4, -0.2) is 18.4 Å². The summed E-state index contributed by atoms with van der Waals surface area (Å²) in [6.07, 6.45) is 0. The first kappa shape index (κ1) is 14.0. The number of anilines is 1. The highest BCUT2D eigenvalue weighted by Gasteiger charge is 2.17. The predicted molar refractivity (Wildman–Crippen MR) is 78.2 cm³/mol. The Kier molecular flexibility index (Phi) is 3.90. The number of hydrogen-bond acceptors (Lipinski definition) is 6. The second-order valence-corrected chi connectivity index (χ2v) is 6.39. The molecule has 8 heteroatoms. The second kappa shape index (κ2) is 5.29. The summed E-state index contributed by atoms with van der Waals surface area (Å²) in [4.78, 5) is 7.61. The molecular weight excluding hydrogens is 381 g/mol. The molecule has 0 spiro atoms. The van der Waals surface area contributed by atoms with Crippen molar-refractivity contribution in [2.45, 2.75) is 11.8 Å². The van der Waals surface area contributed by atoms with E-state index in [1.54, 1.807) is 12.1 Å². The minimum atomic E-state index is -3.91. The Morgan fingerprint density at radius 3 is 2.42 bits per heavy atom. The van der Waals surface area contributed by atoms with Gasteiger partial charge in [-0.3, -0.25) is 0 Å². The van der Waals surface area contributed by atoms with E-state index in [1.165, 1.54) is 18.2 Å². The molecule has 6 nitrogen and oxygen atoms in total. The molecule has 1 aromatic carbocycles. The molecule has 0 amide bonds. The maximum Gasteiger partial charge on any atom is 0.340 e. The lowest BCUT2D eigenvalue weighted by molar-refractivity contribution is 0.475. The third-order valence-electron chi connectivity index (χ3n) is 2.19. The monoisotopic (exact) mass is 391 g/mol. The Hall–Kier alpha value is -1.42. The Morgan fingerprint density at radius 1 is 1.21 bits per heavy atom. The molecule has 0 aliphatic rings. The van der Waals surface area contributed by atoms with Crippen molar-refractivity contribution in [3.63, 3.8) is 0 Å². The molecule has 1 heterocycles. The molecule has 2 rings (SSSR count). The van der Waals surface area contributed by atoms with Crippen LogP contribution in [0.1, 0.15) is 5.56 Å². The van der Waals surface area contributed by atoms with Crippen molar-refractivity contribution in [1.29, 1.82) is 0 Å². The van der Waals surface area contributed by atoms with Gasteiger partial charge in [-0.05, 0) is 41.6 Å². The molecule has 19 heavy (non-hydrogen) atoms. The number of nitrogens with two attached hydrogens (primary N) is 1. The van der Waals surface area contributed by atoms with Crippen molar-refractivity contribution in [1.82, 2.24) is 9.97 Å². The van der Waals surface area contributed by atoms with Gasteiger partial charge in [-0.15, -0.1) is 0 Å². The van der Waals surface area contributed by atoms with Crippen molar-refractivity contribution < 1.29 is 12.6 Å². The summed E-state index contributed by atoms with van der Waals surface area (Å²) < 4.78 is 29.4. The number of hydrogen-bond donors (Lipinski definition) is 1. The highest BCUT2D eigenvalue weighted by Crippen LogP contribution is 2.19. The molecule has 0 fully saturated rings. The Bertz CT molecular complexity index is 681. The van der Waals surface area contributed by atoms with Gasteiger partial charge in [0.1, 0.15) is 8.60 Å². The van der Waals surface area contributed by atoms with Crippen LogP contribution in [-0.2, 0) is 10.1 Å². The molecule has 0 atom stereocenters. The van der Waals surface area contributed by atoms with Gasteiger partial charge in [-0.2, -0.15) is 13.4 Å². The van der Waals surface area contributed by atoms with Crippen molar-refractivity contribution in [3.05, 3.63) is 39.6 Å². The van der Waals surface area contributed by atoms with E-state index in [0.717, 1.165) is 5.56 Å². The van der Waals surface area contributed by atoms with Crippen LogP contribution >= 0.6 is 22.6 Å². The third kappa shape index (κ3) is 3.53. The first-order chi connectivity index (χ1) is 8.87. The van der Waals surface area contributed by atoms with E-state index in [2.05, 4.69) is 9.97 Å². The molecule has 1 aromatic heterocycles. The van der Waals surface area contributed by atoms with Crippen molar-refractivity contribution in [2.75, 3.05) is 5.73 Å². The molecule has 0 aliphatic carbocycles. The number of benzene rings is 1. The standard InChI is InChI=1S/C11H10IN3O3S/c1-7-2-4-8(5-3-7)19(16,17)18-10-6-9(12)14-11(13)15-10/h2-6H,1H3,(H2,13,14,15). The van der Waals surface area contributed by atoms with E-state index >= 15 is 0 Å². The van der Waals surface area contributed by atoms with Gasteiger partial charge in [0.25, 0.3) is 0 Å². The average molecular weight is 391 g/mol. The molecule has 100 valence electrons. The third-order valence-corrected chi connectivity index (χ3v) is 3.99. The van der Waals surface area contributed by atoms with Gasteiger partial charge in [0.15, 0.2) is 0 Å². The van der Waals surface area contributed by atoms with Crippen LogP contribution in [0.4, 0.5) is 5.95 Å². The number of rotatable bonds is 3. The van der Waals surface area contributed by atoms with Gasteiger partial charge >= 0.3 is 10.1 Å². The van der Waals surface area contributed by atoms with E-state index in [-0.39, 0.29) is 16.7 Å². The minimum Gasteiger partial charge on any atom is -0.368 e. The zero-order valence-electron chi connectivity index (χ0n) is 9.87. The highest BCUT2D eigenvalue weighted by atomic mass is 127. The van der Waals surface area contributed by atoms with E-state index in [0.29, 0.717) is 3.70 Å². The van der Waals surface area contributed by atoms with E-state index in [4.69, 9.17) is 9.92 Å². The fourth-order valence-corrected chi connectivity index (χ4v) is 2.71. The summed E-state index contributed by atoms with van der Waals surface area (Å²) in [5.74, 6) is -0.140. The Balaban J connectivity index is 2.33. The molecule has 0 saturated carbocycles. The van der Waals surface area contributed by atoms with Crippen LogP contribution in [0, 0.1) is 10.6 Å². The molecule has 2 N–H and O–H groups in total. The van der Waals surface area contributed by atoms with Crippen molar-refractivity contribution in [2.24, 2.45) is 0 Å². The minimum absolute atomic E-state index is 0.0407. The predicted octanol–water partition coefficient (Wildman–Crippen LogP) is 1.74. The maximum absolute atomic E-state index is 12.0. The van der Waals surface area contributed by atoms with Crippen LogP contribution in [0.3, 0.4) is 0 Å². The normalized spacial score (nSPS) is 11.3. The summed E-state index contributed by atoms with van der Waals surface area (Å²) in [6, 6.07) is 7.71. The van der Waals surface area contributed by atoms with Gasteiger partial charge in [0.05, 0.1) is 0 Å². The van der Waals surface area contributed by atoms with E-state index < -0.39 is 10.1 Å². The number of nitrogen functional groups attached to an aromatic ring is 1. The number of aryl methyl sites for hydroxylation is 1. The first-order valence-corrected chi connectivity index (χ1v) is 7.67. The molecule has 0 saturated heterocycles. The van der Waals surface area contributed by atoms with Gasteiger partial charge in [0, 0.05) is 6.07 Å². The summed E-state index contributed by atoms with van der Waals surface area (Å²) >= 11 is 1.90. The van der Waals surface area contributed by atoms with Crippen molar-refractivity contribution in [3.8, 4) is 5.88 Å². The quantitative estimate of drug-likeness (QED) is 0.487. The van der Waals surface area contributed by atoms with Gasteiger partial charge in [-0.1, -0.05) is 17.7 Å². The summed E-state index contributed by atoms with van der Waals surface area (Å²) in [5.41, 5.74) is 6.39. The van der Waals surface area contributed by atoms with Crippen LogP contribution in [0.2, 0.25) is 0 Å². The van der Waals surface area contributed by atoms with E-state index in [9.17, 15) is 8.42 Å². The van der Waals surface area contributed by atoms with Crippen LogP contribution in [0.5, 0.6) is 5.88 Å². The molecule has 2 aromatic rings. The summed E-state index contributed by atoms with van der Waals surface area (Å²) in [5, 5.41) is 0. The highest BCUT2D eigenvalue weighted by molar-refractivity contribution is 14.1. The molecule has 0 unspecified atom stereocenters. The lowest BCUT2D eigenvalue weighted by Crippen LogP contribution is -2.11. The Labute approximate surface area is 124 Å². The first-order valence-electron chi connectivity index (χ1n) is 5.18. The number of nitrogens with zero attached hydrogens (tertiary/aromatic N) is 2. The van der Waals surface area contributed by atoms with Gasteiger partial charge in [-0.25, -0.2) is 4.98 Å². The van der Waals surface area contributed by atoms with Crippen molar-refractivity contribution >= 4 is 38.7 Å². The smallest absolute Gasteiger partial charge is 0.340 e. The molecular formula is C11H10IN3O3S. The molecule has 0 aliphatic heterocycles. The Morgan fingerprint density at radius 2 is 1.84 bits per heavy atom. The fraction of sp³-hybridized carbons (Fsp3) is 0.0909. The lowest BCUT2D eigenvalue weighted by Gasteiger charge is -2.07. The van der Waals surface area contributed by atoms with Gasteiger partial charge in [0.2, 0.25) is 11.8 Å². The molecule has 0 bridgehead atoms. The van der Waals surface area contributed by atoms with Crippen LogP contribution in [0.15, 0.2) is 35.2 Å². The zero-order chi connectivity index (χ0) is 14.0. The number of aromatic nitrogens is 2. The second-order valence-electron chi connectivity index (χ2n) is 3.74. The topological polar surface area (TPSA) is 95.2 Å². The molecule has 0 radical (unpaired) electrons. The van der Waals surface area contributed by atoms with E-state index in [1.807, 2.05) is 29.5 Å². The zero-order valence-corrected chi connectivity index (χ0v) is 12.8. The maximum atomic E-state index is 12.0. The summed E-state index contributed by atoms with van der Waals surface area (Å²) in [7, 11) is -3.91. The lowest BCUT2D eigenvalue weighted by atomic mass is 10.2. The SMILES string of the molecule is Cc1ccc(S(=O)(=O)Oc2cc(I)nc(N)n2)cc1. The number of halogens is 1.